The molecule has 0 saturated carbocycles. The smallest absolute Gasteiger partial charge is 0.259 e. The highest BCUT2D eigenvalue weighted by molar-refractivity contribution is 6.06. The van der Waals surface area contributed by atoms with Gasteiger partial charge in [0.1, 0.15) is 11.6 Å². The first-order valence-corrected chi connectivity index (χ1v) is 5.63. The maximum Gasteiger partial charge on any atom is 0.259 e. The van der Waals surface area contributed by atoms with Gasteiger partial charge in [0.2, 0.25) is 0 Å². The Kier molecular flexibility index (Phi) is 3.37. The number of amides is 1. The summed E-state index contributed by atoms with van der Waals surface area (Å²) in [6.07, 6.45) is 0. The van der Waals surface area contributed by atoms with Crippen LogP contribution in [-0.4, -0.2) is 11.0 Å². The first-order chi connectivity index (χ1) is 8.97. The molecule has 0 aromatic heterocycles. The summed E-state index contributed by atoms with van der Waals surface area (Å²) < 4.78 is 13.5. The molecule has 0 aliphatic heterocycles. The molecular weight excluding hydrogens is 247 g/mol. The number of halogens is 1. The molecule has 0 bridgehead atoms. The number of nitrogens with one attached hydrogen (secondary N) is 1. The quantitative estimate of drug-likeness (QED) is 0.727. The zero-order valence-electron chi connectivity index (χ0n) is 10.3. The Hall–Kier alpha value is -2.56. The van der Waals surface area contributed by atoms with Gasteiger partial charge in [-0.25, -0.2) is 4.39 Å². The van der Waals surface area contributed by atoms with Crippen molar-refractivity contribution in [3.8, 4) is 5.75 Å². The predicted octanol–water partition coefficient (Wildman–Crippen LogP) is 2.67. The summed E-state index contributed by atoms with van der Waals surface area (Å²) in [4.78, 5) is 12.0. The SMILES string of the molecule is Cc1ccc(O)c(C(=O)Nc2ccc(N)cc2F)c1. The van der Waals surface area contributed by atoms with Gasteiger partial charge in [0.05, 0.1) is 11.3 Å². The van der Waals surface area contributed by atoms with Gasteiger partial charge in [0, 0.05) is 5.69 Å². The van der Waals surface area contributed by atoms with Crippen LogP contribution >= 0.6 is 0 Å². The van der Waals surface area contributed by atoms with Crippen molar-refractivity contribution in [1.82, 2.24) is 0 Å². The Morgan fingerprint density at radius 3 is 2.68 bits per heavy atom. The minimum absolute atomic E-state index is 0.0140. The van der Waals surface area contributed by atoms with E-state index in [9.17, 15) is 14.3 Å². The van der Waals surface area contributed by atoms with E-state index in [-0.39, 0.29) is 22.7 Å². The molecule has 1 amide bonds. The first kappa shape index (κ1) is 12.9. The predicted molar refractivity (Wildman–Crippen MR) is 71.6 cm³/mol. The van der Waals surface area contributed by atoms with Gasteiger partial charge >= 0.3 is 0 Å². The number of phenolic OH excluding ortho intramolecular Hbond substituents is 1. The van der Waals surface area contributed by atoms with Crippen molar-refractivity contribution in [2.45, 2.75) is 6.92 Å². The summed E-state index contributed by atoms with van der Waals surface area (Å²) in [5.41, 5.74) is 6.62. The normalized spacial score (nSPS) is 10.2. The van der Waals surface area contributed by atoms with Crippen LogP contribution < -0.4 is 11.1 Å². The highest BCUT2D eigenvalue weighted by Gasteiger charge is 2.13. The van der Waals surface area contributed by atoms with E-state index >= 15 is 0 Å². The van der Waals surface area contributed by atoms with Crippen molar-refractivity contribution in [2.24, 2.45) is 0 Å². The average Bonchev–Trinajstić information content (AvgIpc) is 2.35. The molecule has 0 aliphatic carbocycles. The fourth-order valence-electron chi connectivity index (χ4n) is 1.65. The van der Waals surface area contributed by atoms with Gasteiger partial charge in [-0.1, -0.05) is 11.6 Å². The van der Waals surface area contributed by atoms with Crippen LogP contribution in [0.4, 0.5) is 15.8 Å². The monoisotopic (exact) mass is 260 g/mol. The molecule has 0 aliphatic rings. The standard InChI is InChI=1S/C14H13FN2O2/c1-8-2-5-13(18)10(6-8)14(19)17-12-4-3-9(16)7-11(12)15/h2-7,18H,16H2,1H3,(H,17,19). The molecule has 0 fully saturated rings. The Morgan fingerprint density at radius 1 is 1.26 bits per heavy atom. The summed E-state index contributed by atoms with van der Waals surface area (Å²) in [7, 11) is 0. The van der Waals surface area contributed by atoms with E-state index in [1.807, 2.05) is 0 Å². The highest BCUT2D eigenvalue weighted by atomic mass is 19.1. The van der Waals surface area contributed by atoms with Crippen molar-refractivity contribution in [1.29, 1.82) is 0 Å². The van der Waals surface area contributed by atoms with Crippen molar-refractivity contribution in [2.75, 3.05) is 11.1 Å². The second-order valence-corrected chi connectivity index (χ2v) is 4.21. The van der Waals surface area contributed by atoms with Gasteiger partial charge in [0.15, 0.2) is 0 Å². The molecule has 0 unspecified atom stereocenters. The van der Waals surface area contributed by atoms with Crippen molar-refractivity contribution in [3.05, 3.63) is 53.3 Å². The van der Waals surface area contributed by atoms with Crippen LogP contribution in [0.15, 0.2) is 36.4 Å². The van der Waals surface area contributed by atoms with Gasteiger partial charge in [0.25, 0.3) is 5.91 Å². The summed E-state index contributed by atoms with van der Waals surface area (Å²) in [6.45, 7) is 1.79. The van der Waals surface area contributed by atoms with E-state index in [1.54, 1.807) is 13.0 Å². The summed E-state index contributed by atoms with van der Waals surface area (Å²) in [6, 6.07) is 8.59. The lowest BCUT2D eigenvalue weighted by molar-refractivity contribution is 0.102. The molecule has 0 heterocycles. The van der Waals surface area contributed by atoms with Gasteiger partial charge in [-0.15, -0.1) is 0 Å². The van der Waals surface area contributed by atoms with Gasteiger partial charge in [-0.05, 0) is 37.3 Å². The van der Waals surface area contributed by atoms with E-state index in [0.717, 1.165) is 11.6 Å². The molecule has 19 heavy (non-hydrogen) atoms. The fourth-order valence-corrected chi connectivity index (χ4v) is 1.65. The van der Waals surface area contributed by atoms with Crippen molar-refractivity contribution < 1.29 is 14.3 Å². The minimum atomic E-state index is -0.625. The number of phenols is 1. The van der Waals surface area contributed by atoms with E-state index < -0.39 is 11.7 Å². The Morgan fingerprint density at radius 2 is 2.00 bits per heavy atom. The third-order valence-electron chi connectivity index (χ3n) is 2.64. The Labute approximate surface area is 109 Å². The lowest BCUT2D eigenvalue weighted by Gasteiger charge is -2.09. The number of anilines is 2. The number of rotatable bonds is 2. The van der Waals surface area contributed by atoms with Crippen molar-refractivity contribution in [3.63, 3.8) is 0 Å². The lowest BCUT2D eigenvalue weighted by Crippen LogP contribution is -2.13. The molecule has 0 radical (unpaired) electrons. The third-order valence-corrected chi connectivity index (χ3v) is 2.64. The zero-order chi connectivity index (χ0) is 14.0. The zero-order valence-corrected chi connectivity index (χ0v) is 10.3. The van der Waals surface area contributed by atoms with Crippen LogP contribution in [0.2, 0.25) is 0 Å². The van der Waals surface area contributed by atoms with E-state index in [1.165, 1.54) is 24.3 Å². The van der Waals surface area contributed by atoms with E-state index in [4.69, 9.17) is 5.73 Å². The average molecular weight is 260 g/mol. The number of nitrogens with two attached hydrogens (primary N) is 1. The highest BCUT2D eigenvalue weighted by Crippen LogP contribution is 2.22. The molecule has 98 valence electrons. The largest absolute Gasteiger partial charge is 0.507 e. The maximum absolute atomic E-state index is 13.5. The summed E-state index contributed by atoms with van der Waals surface area (Å²) in [5.74, 6) is -1.36. The molecule has 2 rings (SSSR count). The number of nitrogen functional groups attached to an aromatic ring is 1. The molecule has 0 saturated heterocycles. The molecule has 4 N–H and O–H groups in total. The van der Waals surface area contributed by atoms with Crippen LogP contribution in [0, 0.1) is 12.7 Å². The summed E-state index contributed by atoms with van der Waals surface area (Å²) >= 11 is 0. The lowest BCUT2D eigenvalue weighted by atomic mass is 10.1. The van der Waals surface area contributed by atoms with E-state index in [2.05, 4.69) is 5.32 Å². The number of hydrogen-bond acceptors (Lipinski definition) is 3. The molecule has 5 heteroatoms. The van der Waals surface area contributed by atoms with Crippen molar-refractivity contribution >= 4 is 17.3 Å². The van der Waals surface area contributed by atoms with Gasteiger partial charge in [-0.3, -0.25) is 4.79 Å². The maximum atomic E-state index is 13.5. The van der Waals surface area contributed by atoms with E-state index in [0.29, 0.717) is 0 Å². The molecule has 2 aromatic rings. The molecule has 4 nitrogen and oxygen atoms in total. The van der Waals surface area contributed by atoms with Crippen LogP contribution in [-0.2, 0) is 0 Å². The van der Waals surface area contributed by atoms with Crippen LogP contribution in [0.25, 0.3) is 0 Å². The number of aromatic hydroxyl groups is 1. The molecule has 2 aromatic carbocycles. The number of benzene rings is 2. The first-order valence-electron chi connectivity index (χ1n) is 5.63. The Bertz CT molecular complexity index is 641. The van der Waals surface area contributed by atoms with Gasteiger partial charge < -0.3 is 16.2 Å². The van der Waals surface area contributed by atoms with Crippen LogP contribution in [0.3, 0.4) is 0 Å². The number of aryl methyl sites for hydroxylation is 1. The van der Waals surface area contributed by atoms with Crippen LogP contribution in [0.5, 0.6) is 5.75 Å². The number of carbonyl (C=O) groups excluding carboxylic acids is 1. The molecule has 0 spiro atoms. The fraction of sp³-hybridized carbons (Fsp3) is 0.0714. The topological polar surface area (TPSA) is 75.3 Å². The summed E-state index contributed by atoms with van der Waals surface area (Å²) in [5, 5.41) is 12.0. The number of carbonyl (C=O) groups is 1. The molecule has 0 atom stereocenters. The number of hydrogen-bond donors (Lipinski definition) is 3. The third kappa shape index (κ3) is 2.82. The molecular formula is C14H13FN2O2. The second kappa shape index (κ2) is 4.97. The van der Waals surface area contributed by atoms with Gasteiger partial charge in [-0.2, -0.15) is 0 Å². The van der Waals surface area contributed by atoms with Crippen LogP contribution in [0.1, 0.15) is 15.9 Å². The Balaban J connectivity index is 2.28. The second-order valence-electron chi connectivity index (χ2n) is 4.21. The minimum Gasteiger partial charge on any atom is -0.507 e.